The van der Waals surface area contributed by atoms with Crippen molar-refractivity contribution in [2.75, 3.05) is 5.32 Å². The zero-order chi connectivity index (χ0) is 11.4. The Morgan fingerprint density at radius 3 is 2.29 bits per heavy atom. The first kappa shape index (κ1) is 13.3. The highest BCUT2D eigenvalue weighted by Gasteiger charge is 1.99. The van der Waals surface area contributed by atoms with E-state index in [4.69, 9.17) is 0 Å². The second-order valence-electron chi connectivity index (χ2n) is 4.09. The third kappa shape index (κ3) is 3.33. The lowest BCUT2D eigenvalue weighted by atomic mass is 10.1. The number of rotatable bonds is 3. The maximum atomic E-state index is 3.47. The molecule has 0 atom stereocenters. The molecule has 0 amide bonds. The molecule has 0 aliphatic carbocycles. The van der Waals surface area contributed by atoms with E-state index < -0.39 is 0 Å². The van der Waals surface area contributed by atoms with Crippen LogP contribution in [0.5, 0.6) is 0 Å². The molecule has 0 heterocycles. The van der Waals surface area contributed by atoms with Gasteiger partial charge < -0.3 is 10.8 Å². The molecule has 2 heteroatoms. The molecule has 17 heavy (non-hydrogen) atoms. The highest BCUT2D eigenvalue weighted by molar-refractivity contribution is 5.53. The number of nitrogens with one attached hydrogen (secondary N) is 1. The fraction of sp³-hybridized carbons (Fsp3) is 0.200. The van der Waals surface area contributed by atoms with Gasteiger partial charge in [-0.05, 0) is 36.6 Å². The van der Waals surface area contributed by atoms with Gasteiger partial charge in [0.05, 0.1) is 0 Å². The summed E-state index contributed by atoms with van der Waals surface area (Å²) in [6.07, 6.45) is 0. The average molecular weight is 229 g/mol. The summed E-state index contributed by atoms with van der Waals surface area (Å²) in [4.78, 5) is 0. The summed E-state index contributed by atoms with van der Waals surface area (Å²) in [5, 5.41) is 3.47. The van der Waals surface area contributed by atoms with Crippen molar-refractivity contribution >= 4 is 5.69 Å². The fourth-order valence-electron chi connectivity index (χ4n) is 1.74. The van der Waals surface area contributed by atoms with E-state index in [1.165, 1.54) is 22.4 Å². The predicted octanol–water partition coefficient (Wildman–Crippen LogP) is 3.09. The molecular weight excluding hydrogens is 210 g/mol. The van der Waals surface area contributed by atoms with Crippen LogP contribution in [0.2, 0.25) is 0 Å². The van der Waals surface area contributed by atoms with Gasteiger partial charge in [0.2, 0.25) is 0 Å². The molecule has 0 aliphatic rings. The van der Waals surface area contributed by atoms with Crippen LogP contribution in [0.1, 0.15) is 16.7 Å². The van der Waals surface area contributed by atoms with Crippen molar-refractivity contribution < 1.29 is 5.48 Å². The third-order valence-corrected chi connectivity index (χ3v) is 2.93. The normalized spacial score (nSPS) is 9.53. The van der Waals surface area contributed by atoms with Gasteiger partial charge in [0, 0.05) is 12.2 Å². The third-order valence-electron chi connectivity index (χ3n) is 2.93. The summed E-state index contributed by atoms with van der Waals surface area (Å²) in [7, 11) is 0. The molecule has 0 unspecified atom stereocenters. The summed E-state index contributed by atoms with van der Waals surface area (Å²) in [6, 6.07) is 16.8. The van der Waals surface area contributed by atoms with Gasteiger partial charge >= 0.3 is 0 Å². The number of aryl methyl sites for hydroxylation is 1. The second kappa shape index (κ2) is 6.06. The van der Waals surface area contributed by atoms with Crippen molar-refractivity contribution in [2.24, 2.45) is 0 Å². The highest BCUT2D eigenvalue weighted by atomic mass is 16.0. The molecular formula is C15H19NO. The van der Waals surface area contributed by atoms with Gasteiger partial charge in [-0.2, -0.15) is 0 Å². The maximum Gasteiger partial charge on any atom is 0.0400 e. The molecule has 0 fully saturated rings. The lowest BCUT2D eigenvalue weighted by Gasteiger charge is -2.11. The van der Waals surface area contributed by atoms with Crippen molar-refractivity contribution in [2.45, 2.75) is 20.4 Å². The Kier molecular flexibility index (Phi) is 4.73. The molecule has 0 spiro atoms. The van der Waals surface area contributed by atoms with E-state index in [0.717, 1.165) is 6.54 Å². The Morgan fingerprint density at radius 2 is 1.59 bits per heavy atom. The fourth-order valence-corrected chi connectivity index (χ4v) is 1.74. The van der Waals surface area contributed by atoms with E-state index in [1.807, 2.05) is 6.07 Å². The van der Waals surface area contributed by atoms with E-state index in [2.05, 4.69) is 61.6 Å². The van der Waals surface area contributed by atoms with Crippen LogP contribution < -0.4 is 5.32 Å². The van der Waals surface area contributed by atoms with Gasteiger partial charge in [0.1, 0.15) is 0 Å². The molecule has 2 nitrogen and oxygen atoms in total. The van der Waals surface area contributed by atoms with Gasteiger partial charge in [-0.3, -0.25) is 0 Å². The molecule has 0 saturated carbocycles. The monoisotopic (exact) mass is 229 g/mol. The smallest absolute Gasteiger partial charge is 0.0400 e. The van der Waals surface area contributed by atoms with E-state index in [1.54, 1.807) is 0 Å². The van der Waals surface area contributed by atoms with Crippen molar-refractivity contribution in [3.63, 3.8) is 0 Å². The zero-order valence-electron chi connectivity index (χ0n) is 10.3. The lowest BCUT2D eigenvalue weighted by Crippen LogP contribution is -2.01. The first-order valence-corrected chi connectivity index (χ1v) is 5.61. The maximum absolute atomic E-state index is 3.47. The first-order chi connectivity index (χ1) is 7.77. The van der Waals surface area contributed by atoms with E-state index in [0.29, 0.717) is 0 Å². The number of benzene rings is 2. The van der Waals surface area contributed by atoms with Crippen molar-refractivity contribution in [3.8, 4) is 0 Å². The van der Waals surface area contributed by atoms with Crippen LogP contribution in [0, 0.1) is 13.8 Å². The van der Waals surface area contributed by atoms with Gasteiger partial charge in [-0.25, -0.2) is 0 Å². The molecule has 2 aromatic rings. The van der Waals surface area contributed by atoms with Crippen LogP contribution >= 0.6 is 0 Å². The van der Waals surface area contributed by atoms with Crippen LogP contribution in [-0.4, -0.2) is 5.48 Å². The van der Waals surface area contributed by atoms with Crippen molar-refractivity contribution in [3.05, 3.63) is 65.2 Å². The van der Waals surface area contributed by atoms with Gasteiger partial charge in [-0.1, -0.05) is 42.5 Å². The standard InChI is InChI=1S/C15H17N.H2O/c1-12-7-6-10-15(13(12)2)16-11-14-8-4-3-5-9-14;/h3-10,16H,11H2,1-2H3;1H2. The van der Waals surface area contributed by atoms with Gasteiger partial charge in [0.15, 0.2) is 0 Å². The highest BCUT2D eigenvalue weighted by Crippen LogP contribution is 2.18. The molecule has 90 valence electrons. The largest absolute Gasteiger partial charge is 0.412 e. The van der Waals surface area contributed by atoms with Crippen LogP contribution in [0.25, 0.3) is 0 Å². The Hall–Kier alpha value is -1.80. The van der Waals surface area contributed by atoms with Crippen LogP contribution in [0.4, 0.5) is 5.69 Å². The Bertz CT molecular complexity index is 466. The van der Waals surface area contributed by atoms with Crippen molar-refractivity contribution in [1.82, 2.24) is 0 Å². The topological polar surface area (TPSA) is 43.5 Å². The lowest BCUT2D eigenvalue weighted by molar-refractivity contribution is 0.824. The molecule has 3 N–H and O–H groups in total. The van der Waals surface area contributed by atoms with Gasteiger partial charge in [-0.15, -0.1) is 0 Å². The number of hydrogen-bond donors (Lipinski definition) is 1. The summed E-state index contributed by atoms with van der Waals surface area (Å²) in [5.41, 5.74) is 5.20. The molecule has 0 aromatic heterocycles. The SMILES string of the molecule is Cc1cccc(NCc2ccccc2)c1C.O. The molecule has 0 saturated heterocycles. The summed E-state index contributed by atoms with van der Waals surface area (Å²) in [6.45, 7) is 5.18. The quantitative estimate of drug-likeness (QED) is 0.863. The number of hydrogen-bond acceptors (Lipinski definition) is 1. The van der Waals surface area contributed by atoms with Crippen LogP contribution in [0.15, 0.2) is 48.5 Å². The average Bonchev–Trinajstić information content (AvgIpc) is 2.32. The molecule has 0 radical (unpaired) electrons. The van der Waals surface area contributed by atoms with E-state index in [-0.39, 0.29) is 5.48 Å². The van der Waals surface area contributed by atoms with E-state index in [9.17, 15) is 0 Å². The number of anilines is 1. The minimum Gasteiger partial charge on any atom is -0.412 e. The molecule has 0 bridgehead atoms. The van der Waals surface area contributed by atoms with Crippen LogP contribution in [0.3, 0.4) is 0 Å². The minimum atomic E-state index is 0. The van der Waals surface area contributed by atoms with Gasteiger partial charge in [0.25, 0.3) is 0 Å². The van der Waals surface area contributed by atoms with E-state index >= 15 is 0 Å². The Labute approximate surface area is 103 Å². The Balaban J connectivity index is 0.00000144. The predicted molar refractivity (Wildman–Crippen MR) is 73.3 cm³/mol. The molecule has 2 aromatic carbocycles. The summed E-state index contributed by atoms with van der Waals surface area (Å²) < 4.78 is 0. The molecule has 2 rings (SSSR count). The Morgan fingerprint density at radius 1 is 0.882 bits per heavy atom. The van der Waals surface area contributed by atoms with Crippen LogP contribution in [-0.2, 0) is 6.54 Å². The second-order valence-corrected chi connectivity index (χ2v) is 4.09. The summed E-state index contributed by atoms with van der Waals surface area (Å²) in [5.74, 6) is 0. The zero-order valence-corrected chi connectivity index (χ0v) is 10.3. The molecule has 0 aliphatic heterocycles. The van der Waals surface area contributed by atoms with Crippen molar-refractivity contribution in [1.29, 1.82) is 0 Å². The summed E-state index contributed by atoms with van der Waals surface area (Å²) >= 11 is 0. The first-order valence-electron chi connectivity index (χ1n) is 5.61. The minimum absolute atomic E-state index is 0.